The molecule has 1 N–H and O–H groups in total. The Balaban J connectivity index is 1.84. The van der Waals surface area contributed by atoms with E-state index in [0.717, 1.165) is 29.0 Å². The molecule has 0 atom stereocenters. The Morgan fingerprint density at radius 3 is 2.40 bits per heavy atom. The molecule has 25 heavy (non-hydrogen) atoms. The number of methoxy groups -OCH3 is 1. The quantitative estimate of drug-likeness (QED) is 0.726. The van der Waals surface area contributed by atoms with Gasteiger partial charge in [-0.15, -0.1) is 0 Å². The van der Waals surface area contributed by atoms with E-state index in [4.69, 9.17) is 4.74 Å². The minimum absolute atomic E-state index is 0.103. The molecule has 0 spiro atoms. The van der Waals surface area contributed by atoms with Crippen LogP contribution < -0.4 is 10.1 Å². The van der Waals surface area contributed by atoms with Gasteiger partial charge in [-0.05, 0) is 42.3 Å². The van der Waals surface area contributed by atoms with E-state index in [-0.39, 0.29) is 5.91 Å². The zero-order chi connectivity index (χ0) is 17.6. The van der Waals surface area contributed by atoms with Gasteiger partial charge in [0, 0.05) is 23.2 Å². The molecular weight excluding hydrogens is 310 g/mol. The van der Waals surface area contributed by atoms with Crippen molar-refractivity contribution in [3.05, 3.63) is 95.1 Å². The third kappa shape index (κ3) is 4.07. The molecule has 3 aromatic carbocycles. The number of hydrogen-bond donors (Lipinski definition) is 1. The highest BCUT2D eigenvalue weighted by Crippen LogP contribution is 2.25. The predicted molar refractivity (Wildman–Crippen MR) is 101 cm³/mol. The molecule has 0 aliphatic rings. The maximum atomic E-state index is 12.5. The lowest BCUT2D eigenvalue weighted by molar-refractivity contribution is 0.102. The summed E-state index contributed by atoms with van der Waals surface area (Å²) in [7, 11) is 1.66. The van der Waals surface area contributed by atoms with Crippen LogP contribution in [0.5, 0.6) is 5.75 Å². The zero-order valence-corrected chi connectivity index (χ0v) is 14.5. The molecule has 0 bridgehead atoms. The molecule has 0 unspecified atom stereocenters. The lowest BCUT2D eigenvalue weighted by Gasteiger charge is -2.13. The summed E-state index contributed by atoms with van der Waals surface area (Å²) >= 11 is 0. The Hall–Kier alpha value is -3.07. The summed E-state index contributed by atoms with van der Waals surface area (Å²) in [5.74, 6) is 0.715. The van der Waals surface area contributed by atoms with Crippen LogP contribution >= 0.6 is 0 Å². The smallest absolute Gasteiger partial charge is 0.255 e. The van der Waals surface area contributed by atoms with E-state index in [9.17, 15) is 4.79 Å². The number of benzene rings is 3. The number of rotatable bonds is 5. The predicted octanol–water partition coefficient (Wildman–Crippen LogP) is 4.85. The van der Waals surface area contributed by atoms with E-state index < -0.39 is 0 Å². The van der Waals surface area contributed by atoms with Crippen molar-refractivity contribution < 1.29 is 9.53 Å². The molecule has 0 fully saturated rings. The average Bonchev–Trinajstić information content (AvgIpc) is 2.63. The van der Waals surface area contributed by atoms with Gasteiger partial charge in [-0.1, -0.05) is 48.5 Å². The first-order valence-corrected chi connectivity index (χ1v) is 8.25. The van der Waals surface area contributed by atoms with Crippen LogP contribution in [0.2, 0.25) is 0 Å². The van der Waals surface area contributed by atoms with Crippen LogP contribution in [0, 0.1) is 6.92 Å². The fraction of sp³-hybridized carbons (Fsp3) is 0.136. The molecular formula is C22H21NO2. The number of amides is 1. The van der Waals surface area contributed by atoms with Crippen molar-refractivity contribution >= 4 is 11.6 Å². The molecule has 126 valence electrons. The lowest BCUT2D eigenvalue weighted by Crippen LogP contribution is -2.13. The standard InChI is InChI=1S/C22H21NO2/c1-16-8-6-7-11-20(16)22(24)23-19-12-13-21(25-2)18(15-19)14-17-9-4-3-5-10-17/h3-13,15H,14H2,1-2H3,(H,23,24). The topological polar surface area (TPSA) is 38.3 Å². The molecule has 0 aliphatic carbocycles. The molecule has 3 aromatic rings. The van der Waals surface area contributed by atoms with E-state index in [1.54, 1.807) is 7.11 Å². The van der Waals surface area contributed by atoms with Crippen LogP contribution in [0.3, 0.4) is 0 Å². The minimum Gasteiger partial charge on any atom is -0.496 e. The van der Waals surface area contributed by atoms with Gasteiger partial charge in [-0.3, -0.25) is 4.79 Å². The maximum Gasteiger partial charge on any atom is 0.255 e. The monoisotopic (exact) mass is 331 g/mol. The number of carbonyl (C=O) groups excluding carboxylic acids is 1. The summed E-state index contributed by atoms with van der Waals surface area (Å²) in [6.45, 7) is 1.93. The lowest BCUT2D eigenvalue weighted by atomic mass is 10.0. The third-order valence-corrected chi connectivity index (χ3v) is 4.17. The molecule has 0 radical (unpaired) electrons. The van der Waals surface area contributed by atoms with Crippen molar-refractivity contribution in [3.8, 4) is 5.75 Å². The second-order valence-electron chi connectivity index (χ2n) is 5.96. The highest BCUT2D eigenvalue weighted by atomic mass is 16.5. The molecule has 0 saturated heterocycles. The fourth-order valence-electron chi connectivity index (χ4n) is 2.84. The Morgan fingerprint density at radius 2 is 1.68 bits per heavy atom. The summed E-state index contributed by atoms with van der Waals surface area (Å²) < 4.78 is 5.47. The molecule has 0 heterocycles. The first-order valence-electron chi connectivity index (χ1n) is 8.25. The zero-order valence-electron chi connectivity index (χ0n) is 14.5. The minimum atomic E-state index is -0.103. The van der Waals surface area contributed by atoms with Gasteiger partial charge in [-0.2, -0.15) is 0 Å². The summed E-state index contributed by atoms with van der Waals surface area (Å²) in [4.78, 5) is 12.5. The molecule has 0 aromatic heterocycles. The van der Waals surface area contributed by atoms with Crippen LogP contribution in [0.1, 0.15) is 27.0 Å². The van der Waals surface area contributed by atoms with E-state index in [1.165, 1.54) is 5.56 Å². The van der Waals surface area contributed by atoms with Crippen molar-refractivity contribution in [1.82, 2.24) is 0 Å². The third-order valence-electron chi connectivity index (χ3n) is 4.17. The SMILES string of the molecule is COc1ccc(NC(=O)c2ccccc2C)cc1Cc1ccccc1. The van der Waals surface area contributed by atoms with Crippen molar-refractivity contribution in [2.45, 2.75) is 13.3 Å². The molecule has 1 amide bonds. The number of nitrogens with one attached hydrogen (secondary N) is 1. The molecule has 3 rings (SSSR count). The molecule has 0 aliphatic heterocycles. The number of ether oxygens (including phenoxy) is 1. The van der Waals surface area contributed by atoms with Crippen molar-refractivity contribution in [2.24, 2.45) is 0 Å². The van der Waals surface area contributed by atoms with Gasteiger partial charge >= 0.3 is 0 Å². The average molecular weight is 331 g/mol. The van der Waals surface area contributed by atoms with Gasteiger partial charge < -0.3 is 10.1 Å². The van der Waals surface area contributed by atoms with E-state index >= 15 is 0 Å². The van der Waals surface area contributed by atoms with Crippen LogP contribution in [0.4, 0.5) is 5.69 Å². The summed E-state index contributed by atoms with van der Waals surface area (Å²) in [6.07, 6.45) is 0.748. The maximum absolute atomic E-state index is 12.5. The Bertz CT molecular complexity index is 872. The normalized spacial score (nSPS) is 10.3. The van der Waals surface area contributed by atoms with E-state index in [1.807, 2.05) is 67.6 Å². The largest absolute Gasteiger partial charge is 0.496 e. The number of hydrogen-bond acceptors (Lipinski definition) is 2. The molecule has 0 saturated carbocycles. The van der Waals surface area contributed by atoms with Crippen LogP contribution in [-0.4, -0.2) is 13.0 Å². The van der Waals surface area contributed by atoms with Gasteiger partial charge in [0.1, 0.15) is 5.75 Å². The van der Waals surface area contributed by atoms with Crippen molar-refractivity contribution in [1.29, 1.82) is 0 Å². The highest BCUT2D eigenvalue weighted by Gasteiger charge is 2.11. The summed E-state index contributed by atoms with van der Waals surface area (Å²) in [5, 5.41) is 2.98. The van der Waals surface area contributed by atoms with Gasteiger partial charge in [-0.25, -0.2) is 0 Å². The first-order chi connectivity index (χ1) is 12.2. The first kappa shape index (κ1) is 16.8. The van der Waals surface area contributed by atoms with Crippen molar-refractivity contribution in [3.63, 3.8) is 0 Å². The summed E-state index contributed by atoms with van der Waals surface area (Å²) in [6, 6.07) is 23.5. The van der Waals surface area contributed by atoms with Crippen LogP contribution in [0.15, 0.2) is 72.8 Å². The molecule has 3 heteroatoms. The van der Waals surface area contributed by atoms with E-state index in [2.05, 4.69) is 17.4 Å². The van der Waals surface area contributed by atoms with Gasteiger partial charge in [0.2, 0.25) is 0 Å². The van der Waals surface area contributed by atoms with Crippen molar-refractivity contribution in [2.75, 3.05) is 12.4 Å². The summed E-state index contributed by atoms with van der Waals surface area (Å²) in [5.41, 5.74) is 4.64. The Labute approximate surface area is 148 Å². The van der Waals surface area contributed by atoms with E-state index in [0.29, 0.717) is 5.56 Å². The van der Waals surface area contributed by atoms with Gasteiger partial charge in [0.15, 0.2) is 0 Å². The van der Waals surface area contributed by atoms with Gasteiger partial charge in [0.25, 0.3) is 5.91 Å². The Morgan fingerprint density at radius 1 is 0.960 bits per heavy atom. The second-order valence-corrected chi connectivity index (χ2v) is 5.96. The van der Waals surface area contributed by atoms with Gasteiger partial charge in [0.05, 0.1) is 7.11 Å². The van der Waals surface area contributed by atoms with Crippen LogP contribution in [-0.2, 0) is 6.42 Å². The fourth-order valence-corrected chi connectivity index (χ4v) is 2.84. The number of aryl methyl sites for hydroxylation is 1. The number of carbonyl (C=O) groups is 1. The van der Waals surface area contributed by atoms with Crippen LogP contribution in [0.25, 0.3) is 0 Å². The highest BCUT2D eigenvalue weighted by molar-refractivity contribution is 6.05. The Kier molecular flexibility index (Phi) is 5.14. The number of anilines is 1. The second kappa shape index (κ2) is 7.67. The molecule has 3 nitrogen and oxygen atoms in total.